The number of likely N-dealkylation sites (tertiary alicyclic amines) is 1. The second kappa shape index (κ2) is 7.38. The summed E-state index contributed by atoms with van der Waals surface area (Å²) < 4.78 is 11.1. The van der Waals surface area contributed by atoms with Crippen molar-refractivity contribution in [2.24, 2.45) is 0 Å². The highest BCUT2D eigenvalue weighted by Crippen LogP contribution is 2.26. The molecule has 0 aliphatic carbocycles. The number of carbonyl (C=O) groups is 1. The number of para-hydroxylation sites is 2. The molecule has 0 unspecified atom stereocenters. The van der Waals surface area contributed by atoms with E-state index in [-0.39, 0.29) is 24.4 Å². The first-order chi connectivity index (χ1) is 13.1. The Bertz CT molecular complexity index is 899. The average molecular weight is 369 g/mol. The minimum atomic E-state index is -0.134. The van der Waals surface area contributed by atoms with Crippen LogP contribution < -0.4 is 5.32 Å². The van der Waals surface area contributed by atoms with Gasteiger partial charge in [-0.05, 0) is 25.0 Å². The van der Waals surface area contributed by atoms with Crippen LogP contribution in [0.5, 0.6) is 0 Å². The number of piperidine rings is 1. The predicted octanol–water partition coefficient (Wildman–Crippen LogP) is 3.42. The summed E-state index contributed by atoms with van der Waals surface area (Å²) in [6.07, 6.45) is 1.84. The van der Waals surface area contributed by atoms with Crippen molar-refractivity contribution in [1.82, 2.24) is 25.3 Å². The highest BCUT2D eigenvalue weighted by Gasteiger charge is 2.29. The van der Waals surface area contributed by atoms with E-state index < -0.39 is 0 Å². The normalized spacial score (nSPS) is 17.6. The molecule has 0 bridgehead atoms. The lowest BCUT2D eigenvalue weighted by Gasteiger charge is -2.30. The number of nitrogens with zero attached hydrogens (tertiary/aromatic N) is 4. The van der Waals surface area contributed by atoms with Crippen molar-refractivity contribution in [2.45, 2.75) is 45.1 Å². The fourth-order valence-corrected chi connectivity index (χ4v) is 3.27. The van der Waals surface area contributed by atoms with E-state index in [1.165, 1.54) is 0 Å². The Balaban J connectivity index is 1.36. The van der Waals surface area contributed by atoms with Gasteiger partial charge in [-0.15, -0.1) is 0 Å². The second-order valence-corrected chi connectivity index (χ2v) is 7.16. The van der Waals surface area contributed by atoms with Gasteiger partial charge in [0.2, 0.25) is 11.8 Å². The highest BCUT2D eigenvalue weighted by molar-refractivity contribution is 5.75. The molecular formula is C19H23N5O3. The van der Waals surface area contributed by atoms with E-state index in [0.29, 0.717) is 30.7 Å². The molecular weight excluding hydrogens is 346 g/mol. The Hall–Kier alpha value is -2.90. The maximum Gasteiger partial charge on any atom is 0.317 e. The Morgan fingerprint density at radius 1 is 1.33 bits per heavy atom. The van der Waals surface area contributed by atoms with Crippen LogP contribution in [0.2, 0.25) is 0 Å². The standard InChI is InChI=1S/C19H23N5O3/c1-12(2)17-22-18(27-23-17)13-6-5-9-24(11-13)19(25)20-10-16-21-14-7-3-4-8-15(14)26-16/h3-4,7-8,12-13H,5-6,9-11H2,1-2H3,(H,20,25)/t13-/m1/s1. The van der Waals surface area contributed by atoms with Crippen molar-refractivity contribution in [1.29, 1.82) is 0 Å². The van der Waals surface area contributed by atoms with Crippen LogP contribution in [0.1, 0.15) is 56.1 Å². The molecule has 0 radical (unpaired) electrons. The monoisotopic (exact) mass is 369 g/mol. The summed E-state index contributed by atoms with van der Waals surface area (Å²) in [4.78, 5) is 23.2. The fourth-order valence-electron chi connectivity index (χ4n) is 3.27. The van der Waals surface area contributed by atoms with E-state index in [4.69, 9.17) is 8.94 Å². The number of benzene rings is 1. The largest absolute Gasteiger partial charge is 0.439 e. The Morgan fingerprint density at radius 2 is 2.19 bits per heavy atom. The first-order valence-electron chi connectivity index (χ1n) is 9.31. The lowest BCUT2D eigenvalue weighted by Crippen LogP contribution is -2.44. The molecule has 1 N–H and O–H groups in total. The number of hydrogen-bond acceptors (Lipinski definition) is 6. The van der Waals surface area contributed by atoms with E-state index in [0.717, 1.165) is 23.9 Å². The smallest absolute Gasteiger partial charge is 0.317 e. The molecule has 3 aromatic rings. The van der Waals surface area contributed by atoms with Crippen LogP contribution in [-0.4, -0.2) is 39.1 Å². The molecule has 0 spiro atoms. The zero-order chi connectivity index (χ0) is 18.8. The molecule has 1 aliphatic heterocycles. The zero-order valence-corrected chi connectivity index (χ0v) is 15.5. The first kappa shape index (κ1) is 17.5. The van der Waals surface area contributed by atoms with Crippen molar-refractivity contribution < 1.29 is 13.7 Å². The number of oxazole rings is 1. The van der Waals surface area contributed by atoms with Crippen LogP contribution >= 0.6 is 0 Å². The van der Waals surface area contributed by atoms with Gasteiger partial charge >= 0.3 is 6.03 Å². The summed E-state index contributed by atoms with van der Waals surface area (Å²) >= 11 is 0. The quantitative estimate of drug-likeness (QED) is 0.757. The molecule has 27 heavy (non-hydrogen) atoms. The minimum Gasteiger partial charge on any atom is -0.439 e. The summed E-state index contributed by atoms with van der Waals surface area (Å²) in [7, 11) is 0. The lowest BCUT2D eigenvalue weighted by molar-refractivity contribution is 0.171. The zero-order valence-electron chi connectivity index (χ0n) is 15.5. The predicted molar refractivity (Wildman–Crippen MR) is 98.2 cm³/mol. The van der Waals surface area contributed by atoms with Crippen LogP contribution in [0.25, 0.3) is 11.1 Å². The molecule has 1 aromatic carbocycles. The Kier molecular flexibility index (Phi) is 4.79. The number of carbonyl (C=O) groups excluding carboxylic acids is 1. The van der Waals surface area contributed by atoms with Gasteiger partial charge in [-0.25, -0.2) is 9.78 Å². The van der Waals surface area contributed by atoms with Crippen molar-refractivity contribution in [2.75, 3.05) is 13.1 Å². The third-order valence-corrected chi connectivity index (χ3v) is 4.76. The first-order valence-corrected chi connectivity index (χ1v) is 9.31. The van der Waals surface area contributed by atoms with Gasteiger partial charge in [-0.2, -0.15) is 4.98 Å². The lowest BCUT2D eigenvalue weighted by atomic mass is 9.98. The topological polar surface area (TPSA) is 97.3 Å². The van der Waals surface area contributed by atoms with E-state index in [1.807, 2.05) is 38.1 Å². The van der Waals surface area contributed by atoms with Crippen LogP contribution in [0.3, 0.4) is 0 Å². The van der Waals surface area contributed by atoms with E-state index in [9.17, 15) is 4.79 Å². The highest BCUT2D eigenvalue weighted by atomic mass is 16.5. The Labute approximate surface area is 156 Å². The second-order valence-electron chi connectivity index (χ2n) is 7.16. The number of rotatable bonds is 4. The average Bonchev–Trinajstić information content (AvgIpc) is 3.33. The van der Waals surface area contributed by atoms with Crippen LogP contribution in [-0.2, 0) is 6.54 Å². The van der Waals surface area contributed by atoms with Crippen molar-refractivity contribution in [3.63, 3.8) is 0 Å². The van der Waals surface area contributed by atoms with Gasteiger partial charge in [-0.1, -0.05) is 31.1 Å². The number of fused-ring (bicyclic) bond motifs is 1. The molecule has 2 amide bonds. The van der Waals surface area contributed by atoms with E-state index in [2.05, 4.69) is 20.4 Å². The number of amides is 2. The van der Waals surface area contributed by atoms with Crippen LogP contribution in [0.4, 0.5) is 4.79 Å². The van der Waals surface area contributed by atoms with Crippen LogP contribution in [0, 0.1) is 0 Å². The number of nitrogens with one attached hydrogen (secondary N) is 1. The molecule has 2 aromatic heterocycles. The van der Waals surface area contributed by atoms with Crippen LogP contribution in [0.15, 0.2) is 33.2 Å². The molecule has 0 saturated carbocycles. The fraction of sp³-hybridized carbons (Fsp3) is 0.474. The number of aromatic nitrogens is 3. The van der Waals surface area contributed by atoms with Gasteiger partial charge in [0.25, 0.3) is 0 Å². The van der Waals surface area contributed by atoms with E-state index in [1.54, 1.807) is 4.90 Å². The Morgan fingerprint density at radius 3 is 2.96 bits per heavy atom. The molecule has 1 atom stereocenters. The summed E-state index contributed by atoms with van der Waals surface area (Å²) in [5.74, 6) is 2.13. The molecule has 8 heteroatoms. The van der Waals surface area contributed by atoms with Gasteiger partial charge in [0.1, 0.15) is 5.52 Å². The minimum absolute atomic E-state index is 0.0776. The van der Waals surface area contributed by atoms with Crippen molar-refractivity contribution in [3.05, 3.63) is 41.9 Å². The van der Waals surface area contributed by atoms with Gasteiger partial charge < -0.3 is 19.2 Å². The molecule has 1 saturated heterocycles. The van der Waals surface area contributed by atoms with Crippen molar-refractivity contribution >= 4 is 17.1 Å². The van der Waals surface area contributed by atoms with Crippen molar-refractivity contribution in [3.8, 4) is 0 Å². The summed E-state index contributed by atoms with van der Waals surface area (Å²) in [6, 6.07) is 7.41. The number of urea groups is 1. The third kappa shape index (κ3) is 3.79. The van der Waals surface area contributed by atoms with Gasteiger partial charge in [0.05, 0.1) is 12.5 Å². The third-order valence-electron chi connectivity index (χ3n) is 4.76. The molecule has 1 aliphatic rings. The van der Waals surface area contributed by atoms with E-state index >= 15 is 0 Å². The molecule has 8 nitrogen and oxygen atoms in total. The maximum absolute atomic E-state index is 12.6. The molecule has 3 heterocycles. The van der Waals surface area contributed by atoms with Gasteiger partial charge in [-0.3, -0.25) is 0 Å². The summed E-state index contributed by atoms with van der Waals surface area (Å²) in [5.41, 5.74) is 1.51. The van der Waals surface area contributed by atoms with Gasteiger partial charge in [0.15, 0.2) is 11.4 Å². The summed E-state index contributed by atoms with van der Waals surface area (Å²) in [5, 5.41) is 6.92. The SMILES string of the molecule is CC(C)c1noc([C@@H]2CCCN(C(=O)NCc3nc4ccccc4o3)C2)n1. The maximum atomic E-state index is 12.6. The molecule has 1 fully saturated rings. The summed E-state index contributed by atoms with van der Waals surface area (Å²) in [6.45, 7) is 5.59. The molecule has 4 rings (SSSR count). The van der Waals surface area contributed by atoms with Gasteiger partial charge in [0, 0.05) is 19.0 Å². The molecule has 142 valence electrons. The number of hydrogen-bond donors (Lipinski definition) is 1.